The van der Waals surface area contributed by atoms with Crippen LogP contribution in [0.2, 0.25) is 0 Å². The molecule has 1 saturated carbocycles. The molecule has 0 spiro atoms. The van der Waals surface area contributed by atoms with Crippen molar-refractivity contribution in [2.75, 3.05) is 7.05 Å². The van der Waals surface area contributed by atoms with Gasteiger partial charge in [0.05, 0.1) is 11.6 Å². The number of aromatic nitrogens is 2. The third kappa shape index (κ3) is 3.61. The molecule has 3 fully saturated rings. The Labute approximate surface area is 206 Å². The second-order valence-corrected chi connectivity index (χ2v) is 11.0. The van der Waals surface area contributed by atoms with Gasteiger partial charge in [0.2, 0.25) is 5.91 Å². The molecule has 3 aromatic rings. The minimum absolute atomic E-state index is 0.000808. The molecule has 6 heteroatoms. The van der Waals surface area contributed by atoms with Crippen LogP contribution in [0.15, 0.2) is 65.6 Å². The zero-order valence-corrected chi connectivity index (χ0v) is 20.6. The lowest BCUT2D eigenvalue weighted by Gasteiger charge is -2.49. The summed E-state index contributed by atoms with van der Waals surface area (Å²) in [4.78, 5) is 31.9. The number of carbonyl (C=O) groups is 1. The smallest absolute Gasteiger partial charge is 0.275 e. The Morgan fingerprint density at radius 1 is 1.03 bits per heavy atom. The summed E-state index contributed by atoms with van der Waals surface area (Å²) in [6.07, 6.45) is 8.25. The molecule has 1 aromatic heterocycles. The molecule has 0 N–H and O–H groups in total. The number of carbonyl (C=O) groups excluding carboxylic acids is 1. The lowest BCUT2D eigenvalue weighted by Crippen LogP contribution is -2.58. The second-order valence-electron chi connectivity index (χ2n) is 11.0. The summed E-state index contributed by atoms with van der Waals surface area (Å²) in [5, 5.41) is 5.78. The highest BCUT2D eigenvalue weighted by Crippen LogP contribution is 2.55. The van der Waals surface area contributed by atoms with E-state index < -0.39 is 0 Å². The summed E-state index contributed by atoms with van der Waals surface area (Å²) < 4.78 is 1.36. The van der Waals surface area contributed by atoms with Crippen molar-refractivity contribution >= 4 is 16.7 Å². The van der Waals surface area contributed by atoms with Gasteiger partial charge in [0.15, 0.2) is 0 Å². The van der Waals surface area contributed by atoms with Crippen LogP contribution in [0.4, 0.5) is 0 Å². The van der Waals surface area contributed by atoms with Gasteiger partial charge in [-0.3, -0.25) is 14.5 Å². The first kappa shape index (κ1) is 22.5. The van der Waals surface area contributed by atoms with Crippen LogP contribution in [0.25, 0.3) is 10.8 Å². The first-order chi connectivity index (χ1) is 17.0. The number of hydrogen-bond donors (Lipinski definition) is 0. The highest BCUT2D eigenvalue weighted by Gasteiger charge is 2.62. The van der Waals surface area contributed by atoms with Crippen molar-refractivity contribution in [1.82, 2.24) is 19.6 Å². The largest absolute Gasteiger partial charge is 0.333 e. The summed E-state index contributed by atoms with van der Waals surface area (Å²) in [5.74, 6) is 0.0302. The summed E-state index contributed by atoms with van der Waals surface area (Å²) in [6.45, 7) is 2.41. The maximum atomic E-state index is 14.0. The van der Waals surface area contributed by atoms with E-state index in [1.54, 1.807) is 6.20 Å². The molecular formula is C29H34N4O2. The monoisotopic (exact) mass is 470 g/mol. The molecule has 3 heterocycles. The molecule has 6 nitrogen and oxygen atoms in total. The van der Waals surface area contributed by atoms with Gasteiger partial charge in [0, 0.05) is 35.0 Å². The number of amides is 1. The lowest BCUT2D eigenvalue weighted by molar-refractivity contribution is -0.136. The number of hydrogen-bond acceptors (Lipinski definition) is 4. The van der Waals surface area contributed by atoms with E-state index in [1.807, 2.05) is 24.3 Å². The fourth-order valence-corrected chi connectivity index (χ4v) is 7.50. The average Bonchev–Trinajstić information content (AvgIpc) is 3.02. The van der Waals surface area contributed by atoms with Gasteiger partial charge in [-0.25, -0.2) is 4.68 Å². The van der Waals surface area contributed by atoms with E-state index in [9.17, 15) is 9.59 Å². The van der Waals surface area contributed by atoms with Gasteiger partial charge in [0.1, 0.15) is 6.54 Å². The molecule has 2 aromatic carbocycles. The van der Waals surface area contributed by atoms with Crippen molar-refractivity contribution in [3.05, 3.63) is 76.7 Å². The predicted octanol–water partition coefficient (Wildman–Crippen LogP) is 3.87. The normalized spacial score (nSPS) is 30.4. The highest BCUT2D eigenvalue weighted by molar-refractivity contribution is 5.81. The van der Waals surface area contributed by atoms with Gasteiger partial charge < -0.3 is 4.90 Å². The SMILES string of the molecule is CN1[C@H](Cc2ccccc2)[C@@H]2C[C@@]3(C)[C@H](CCCC[C@@H]13)N2C(=O)Cn1ncc2ccccc2c1=O. The molecule has 182 valence electrons. The Morgan fingerprint density at radius 2 is 1.74 bits per heavy atom. The van der Waals surface area contributed by atoms with E-state index in [0.29, 0.717) is 11.4 Å². The van der Waals surface area contributed by atoms with E-state index >= 15 is 0 Å². The fourth-order valence-electron chi connectivity index (χ4n) is 7.50. The van der Waals surface area contributed by atoms with Crippen molar-refractivity contribution in [2.45, 2.75) is 76.2 Å². The number of benzene rings is 2. The van der Waals surface area contributed by atoms with Crippen molar-refractivity contribution in [3.8, 4) is 0 Å². The Balaban J connectivity index is 1.36. The van der Waals surface area contributed by atoms with Gasteiger partial charge in [-0.2, -0.15) is 5.10 Å². The maximum Gasteiger partial charge on any atom is 0.275 e. The van der Waals surface area contributed by atoms with E-state index in [1.165, 1.54) is 23.1 Å². The standard InChI is InChI=1S/C29H34N4O2/c1-29-17-24-23(16-20-10-4-3-5-11-20)31(2)25(29)14-8-9-15-26(29)33(24)27(34)19-32-28(35)22-13-7-6-12-21(22)18-30-32/h3-7,10-13,18,23-26H,8-9,14-17,19H2,1-2H3/t23-,24+,25-,26+,29-/m1/s1. The van der Waals surface area contributed by atoms with Crippen molar-refractivity contribution in [1.29, 1.82) is 0 Å². The van der Waals surface area contributed by atoms with Crippen molar-refractivity contribution in [2.24, 2.45) is 5.41 Å². The molecule has 1 aliphatic carbocycles. The summed E-state index contributed by atoms with van der Waals surface area (Å²) >= 11 is 0. The summed E-state index contributed by atoms with van der Waals surface area (Å²) in [6, 6.07) is 19.2. The van der Waals surface area contributed by atoms with Gasteiger partial charge in [0.25, 0.3) is 5.56 Å². The van der Waals surface area contributed by atoms with Gasteiger partial charge in [-0.15, -0.1) is 0 Å². The zero-order valence-electron chi connectivity index (χ0n) is 20.6. The van der Waals surface area contributed by atoms with Crippen LogP contribution in [-0.4, -0.2) is 56.7 Å². The summed E-state index contributed by atoms with van der Waals surface area (Å²) in [5.41, 5.74) is 1.20. The van der Waals surface area contributed by atoms with Crippen LogP contribution in [-0.2, 0) is 17.8 Å². The summed E-state index contributed by atoms with van der Waals surface area (Å²) in [7, 11) is 2.27. The lowest BCUT2D eigenvalue weighted by atomic mass is 9.69. The van der Waals surface area contributed by atoms with Crippen LogP contribution in [0, 0.1) is 5.41 Å². The van der Waals surface area contributed by atoms with Crippen LogP contribution in [0.5, 0.6) is 0 Å². The molecule has 2 bridgehead atoms. The molecule has 5 atom stereocenters. The number of likely N-dealkylation sites (N-methyl/N-ethyl adjacent to an activating group) is 1. The number of piperidine rings is 1. The van der Waals surface area contributed by atoms with Crippen LogP contribution in [0.3, 0.4) is 0 Å². The maximum absolute atomic E-state index is 14.0. The van der Waals surface area contributed by atoms with Gasteiger partial charge >= 0.3 is 0 Å². The molecule has 6 rings (SSSR count). The highest BCUT2D eigenvalue weighted by atomic mass is 16.2. The number of nitrogens with zero attached hydrogens (tertiary/aromatic N) is 4. The zero-order chi connectivity index (χ0) is 24.2. The minimum atomic E-state index is -0.193. The van der Waals surface area contributed by atoms with Crippen molar-refractivity contribution in [3.63, 3.8) is 0 Å². The Bertz CT molecular complexity index is 1300. The minimum Gasteiger partial charge on any atom is -0.333 e. The topological polar surface area (TPSA) is 58.4 Å². The predicted molar refractivity (Wildman–Crippen MR) is 137 cm³/mol. The first-order valence-electron chi connectivity index (χ1n) is 13.0. The van der Waals surface area contributed by atoms with E-state index in [2.05, 4.69) is 59.2 Å². The van der Waals surface area contributed by atoms with Crippen LogP contribution >= 0.6 is 0 Å². The molecular weight excluding hydrogens is 436 g/mol. The van der Waals surface area contributed by atoms with Gasteiger partial charge in [-0.05, 0) is 44.4 Å². The average molecular weight is 471 g/mol. The first-order valence-corrected chi connectivity index (χ1v) is 13.0. The molecule has 0 unspecified atom stereocenters. The fraction of sp³-hybridized carbons (Fsp3) is 0.483. The van der Waals surface area contributed by atoms with Crippen LogP contribution in [0.1, 0.15) is 44.6 Å². The molecule has 3 aliphatic rings. The molecule has 2 saturated heterocycles. The quantitative estimate of drug-likeness (QED) is 0.581. The third-order valence-corrected chi connectivity index (χ3v) is 9.15. The molecule has 0 radical (unpaired) electrons. The van der Waals surface area contributed by atoms with Crippen LogP contribution < -0.4 is 5.56 Å². The molecule has 2 aliphatic heterocycles. The van der Waals surface area contributed by atoms with E-state index in [4.69, 9.17) is 0 Å². The van der Waals surface area contributed by atoms with E-state index in [-0.39, 0.29) is 41.6 Å². The number of fused-ring (bicyclic) bond motifs is 2. The second kappa shape index (κ2) is 8.59. The Morgan fingerprint density at radius 3 is 2.54 bits per heavy atom. The van der Waals surface area contributed by atoms with Gasteiger partial charge in [-0.1, -0.05) is 68.3 Å². The Hall–Kier alpha value is -2.99. The molecule has 1 amide bonds. The van der Waals surface area contributed by atoms with Crippen molar-refractivity contribution < 1.29 is 4.79 Å². The number of likely N-dealkylation sites (tertiary alicyclic amines) is 2. The Kier molecular flexibility index (Phi) is 5.52. The molecule has 35 heavy (non-hydrogen) atoms. The number of rotatable bonds is 4. The third-order valence-electron chi connectivity index (χ3n) is 9.15. The van der Waals surface area contributed by atoms with E-state index in [0.717, 1.165) is 31.1 Å².